The number of aromatic nitrogens is 5. The first-order valence-electron chi connectivity index (χ1n) is 12.1. The molecule has 1 aliphatic rings. The van der Waals surface area contributed by atoms with Crippen molar-refractivity contribution in [3.05, 3.63) is 81.2 Å². The van der Waals surface area contributed by atoms with Gasteiger partial charge in [0.2, 0.25) is 0 Å². The predicted molar refractivity (Wildman–Crippen MR) is 136 cm³/mol. The van der Waals surface area contributed by atoms with E-state index >= 15 is 0 Å². The molecule has 0 bridgehead atoms. The molecule has 1 N–H and O–H groups in total. The number of nitrogens with zero attached hydrogens (tertiary/aromatic N) is 6. The minimum Gasteiger partial charge on any atom is -0.383 e. The second-order valence-electron chi connectivity index (χ2n) is 9.23. The summed E-state index contributed by atoms with van der Waals surface area (Å²) in [5.41, 5.74) is 3.98. The van der Waals surface area contributed by atoms with Crippen LogP contribution in [0, 0.1) is 19.7 Å². The number of fused-ring (bicyclic) bond motifs is 1. The van der Waals surface area contributed by atoms with E-state index in [9.17, 15) is 9.18 Å². The molecule has 1 fully saturated rings. The first kappa shape index (κ1) is 24.1. The molecule has 2 aromatic heterocycles. The molecule has 0 spiro atoms. The van der Waals surface area contributed by atoms with E-state index in [2.05, 4.69) is 37.5 Å². The number of rotatable bonds is 7. The molecule has 9 nitrogen and oxygen atoms in total. The minimum atomic E-state index is -0.464. The van der Waals surface area contributed by atoms with E-state index in [1.54, 1.807) is 23.9 Å². The van der Waals surface area contributed by atoms with Crippen molar-refractivity contribution in [3.8, 4) is 0 Å². The van der Waals surface area contributed by atoms with E-state index in [1.165, 1.54) is 6.07 Å². The summed E-state index contributed by atoms with van der Waals surface area (Å²) in [6.45, 7) is 7.40. The Balaban J connectivity index is 1.55. The summed E-state index contributed by atoms with van der Waals surface area (Å²) >= 11 is 0. The highest BCUT2D eigenvalue weighted by Gasteiger charge is 2.33. The van der Waals surface area contributed by atoms with E-state index in [1.807, 2.05) is 30.9 Å². The number of tetrazole rings is 1. The molecule has 10 heteroatoms. The second-order valence-corrected chi connectivity index (χ2v) is 9.23. The van der Waals surface area contributed by atoms with Crippen LogP contribution in [-0.2, 0) is 11.3 Å². The Hall–Kier alpha value is -3.63. The van der Waals surface area contributed by atoms with Gasteiger partial charge in [0.1, 0.15) is 11.9 Å². The number of anilines is 1. The number of hydrogen-bond acceptors (Lipinski definition) is 7. The van der Waals surface area contributed by atoms with Gasteiger partial charge in [-0.05, 0) is 59.5 Å². The number of pyridine rings is 1. The van der Waals surface area contributed by atoms with Gasteiger partial charge in [0.15, 0.2) is 5.82 Å². The van der Waals surface area contributed by atoms with Crippen LogP contribution in [0.1, 0.15) is 28.6 Å². The summed E-state index contributed by atoms with van der Waals surface area (Å²) in [7, 11) is 1.63. The monoisotopic (exact) mass is 491 g/mol. The largest absolute Gasteiger partial charge is 0.383 e. The van der Waals surface area contributed by atoms with Gasteiger partial charge < -0.3 is 14.6 Å². The number of benzene rings is 2. The van der Waals surface area contributed by atoms with Crippen LogP contribution in [0.2, 0.25) is 0 Å². The van der Waals surface area contributed by atoms with Crippen molar-refractivity contribution in [1.82, 2.24) is 30.1 Å². The van der Waals surface area contributed by atoms with Crippen molar-refractivity contribution >= 4 is 16.6 Å². The highest BCUT2D eigenvalue weighted by atomic mass is 19.1. The quantitative estimate of drug-likeness (QED) is 0.425. The van der Waals surface area contributed by atoms with Gasteiger partial charge in [-0.15, -0.1) is 5.10 Å². The lowest BCUT2D eigenvalue weighted by Crippen LogP contribution is -2.49. The smallest absolute Gasteiger partial charge is 0.253 e. The zero-order valence-corrected chi connectivity index (χ0v) is 20.7. The predicted octanol–water partition coefficient (Wildman–Crippen LogP) is 2.83. The summed E-state index contributed by atoms with van der Waals surface area (Å²) < 4.78 is 21.4. The number of H-pyrrole nitrogens is 1. The number of para-hydroxylation sites is 1. The molecule has 0 radical (unpaired) electrons. The van der Waals surface area contributed by atoms with E-state index < -0.39 is 6.04 Å². The van der Waals surface area contributed by atoms with Crippen LogP contribution in [0.15, 0.2) is 47.3 Å². The topological polar surface area (TPSA) is 92.2 Å². The molecule has 5 rings (SSSR count). The van der Waals surface area contributed by atoms with E-state index in [4.69, 9.17) is 4.74 Å². The Morgan fingerprint density at radius 3 is 2.64 bits per heavy atom. The molecule has 0 amide bonds. The molecular weight excluding hydrogens is 461 g/mol. The molecule has 1 atom stereocenters. The fraction of sp³-hybridized carbons (Fsp3) is 0.385. The lowest BCUT2D eigenvalue weighted by molar-refractivity contribution is 0.171. The number of hydrogen-bond donors (Lipinski definition) is 1. The molecular formula is C26H30FN7O2. The summed E-state index contributed by atoms with van der Waals surface area (Å²) in [5.74, 6) is 0.350. The van der Waals surface area contributed by atoms with Crippen molar-refractivity contribution in [2.45, 2.75) is 26.4 Å². The summed E-state index contributed by atoms with van der Waals surface area (Å²) in [4.78, 5) is 20.8. The number of aromatic amines is 1. The average Bonchev–Trinajstić information content (AvgIpc) is 3.32. The molecule has 1 saturated heterocycles. The highest BCUT2D eigenvalue weighted by Crippen LogP contribution is 2.30. The van der Waals surface area contributed by atoms with Crippen LogP contribution in [-0.4, -0.2) is 70.0 Å². The Morgan fingerprint density at radius 1 is 1.11 bits per heavy atom. The fourth-order valence-corrected chi connectivity index (χ4v) is 5.08. The van der Waals surface area contributed by atoms with Gasteiger partial charge in [-0.2, -0.15) is 0 Å². The van der Waals surface area contributed by atoms with E-state index in [-0.39, 0.29) is 11.4 Å². The summed E-state index contributed by atoms with van der Waals surface area (Å²) in [6, 6.07) is 12.4. The van der Waals surface area contributed by atoms with Gasteiger partial charge in [-0.1, -0.05) is 23.8 Å². The number of halogens is 1. The fourth-order valence-electron chi connectivity index (χ4n) is 5.08. The SMILES string of the molecule is COCCn1nnnc1[C@H](c1cc2cc(C)cc(C)c2[nH]c1=O)N1CCN(c2ccccc2F)CC1. The lowest BCUT2D eigenvalue weighted by Gasteiger charge is -2.39. The van der Waals surface area contributed by atoms with Gasteiger partial charge in [0, 0.05) is 38.9 Å². The number of methoxy groups -OCH3 is 1. The number of nitrogens with one attached hydrogen (secondary N) is 1. The average molecular weight is 492 g/mol. The van der Waals surface area contributed by atoms with Crippen molar-refractivity contribution in [3.63, 3.8) is 0 Å². The molecule has 0 saturated carbocycles. The molecule has 0 aliphatic carbocycles. The number of ether oxygens (including phenoxy) is 1. The summed E-state index contributed by atoms with van der Waals surface area (Å²) in [6.07, 6.45) is 0. The van der Waals surface area contributed by atoms with Crippen molar-refractivity contribution < 1.29 is 9.13 Å². The minimum absolute atomic E-state index is 0.169. The Labute approximate surface area is 208 Å². The maximum absolute atomic E-state index is 14.4. The molecule has 3 heterocycles. The third-order valence-corrected chi connectivity index (χ3v) is 6.80. The zero-order valence-electron chi connectivity index (χ0n) is 20.7. The van der Waals surface area contributed by atoms with Gasteiger partial charge in [-0.3, -0.25) is 9.69 Å². The normalized spacial score (nSPS) is 15.5. The first-order valence-corrected chi connectivity index (χ1v) is 12.1. The molecule has 0 unspecified atom stereocenters. The van der Waals surface area contributed by atoms with Gasteiger partial charge >= 0.3 is 0 Å². The molecule has 4 aromatic rings. The maximum atomic E-state index is 14.4. The van der Waals surface area contributed by atoms with Gasteiger partial charge in [-0.25, -0.2) is 9.07 Å². The van der Waals surface area contributed by atoms with E-state index in [0.29, 0.717) is 56.4 Å². The maximum Gasteiger partial charge on any atom is 0.253 e. The third kappa shape index (κ3) is 4.61. The number of piperazine rings is 1. The van der Waals surface area contributed by atoms with Crippen LogP contribution < -0.4 is 10.5 Å². The van der Waals surface area contributed by atoms with Crippen LogP contribution in [0.25, 0.3) is 10.9 Å². The first-order chi connectivity index (χ1) is 17.5. The molecule has 36 heavy (non-hydrogen) atoms. The lowest BCUT2D eigenvalue weighted by atomic mass is 10.00. The third-order valence-electron chi connectivity index (χ3n) is 6.80. The van der Waals surface area contributed by atoms with Crippen molar-refractivity contribution in [2.24, 2.45) is 0 Å². The zero-order chi connectivity index (χ0) is 25.2. The summed E-state index contributed by atoms with van der Waals surface area (Å²) in [5, 5.41) is 13.4. The Bertz CT molecular complexity index is 1430. The van der Waals surface area contributed by atoms with Crippen LogP contribution in [0.3, 0.4) is 0 Å². The molecule has 2 aromatic carbocycles. The Morgan fingerprint density at radius 2 is 1.89 bits per heavy atom. The van der Waals surface area contributed by atoms with E-state index in [0.717, 1.165) is 22.0 Å². The van der Waals surface area contributed by atoms with Crippen LogP contribution in [0.4, 0.5) is 10.1 Å². The Kier molecular flexibility index (Phi) is 6.80. The van der Waals surface area contributed by atoms with Crippen molar-refractivity contribution in [1.29, 1.82) is 0 Å². The standard InChI is InChI=1S/C26H30FN7O2/c1-17-14-18(2)23-19(15-17)16-20(26(35)28-23)24(25-29-30-31-34(25)12-13-36-3)33-10-8-32(9-11-33)22-7-5-4-6-21(22)27/h4-7,14-16,24H,8-13H2,1-3H3,(H,28,35)/t24-/m0/s1. The van der Waals surface area contributed by atoms with Crippen molar-refractivity contribution in [2.75, 3.05) is 44.8 Å². The van der Waals surface area contributed by atoms with Crippen LogP contribution >= 0.6 is 0 Å². The highest BCUT2D eigenvalue weighted by molar-refractivity contribution is 5.83. The second kappa shape index (κ2) is 10.2. The number of aryl methyl sites for hydroxylation is 2. The molecule has 188 valence electrons. The molecule has 1 aliphatic heterocycles. The van der Waals surface area contributed by atoms with Gasteiger partial charge in [0.25, 0.3) is 5.56 Å². The van der Waals surface area contributed by atoms with Crippen LogP contribution in [0.5, 0.6) is 0 Å². The van der Waals surface area contributed by atoms with Gasteiger partial charge in [0.05, 0.1) is 24.4 Å².